The number of hydrogen-bond donors (Lipinski definition) is 1. The second-order valence-electron chi connectivity index (χ2n) is 1.66. The Bertz CT molecular complexity index is 133. The Balaban J connectivity index is 3.80. The molecule has 0 aliphatic heterocycles. The first-order valence-corrected chi connectivity index (χ1v) is 3.12. The van der Waals surface area contributed by atoms with Crippen LogP contribution in [-0.4, -0.2) is 36.9 Å². The van der Waals surface area contributed by atoms with E-state index in [4.69, 9.17) is 5.11 Å². The molecule has 0 spiro atoms. The van der Waals surface area contributed by atoms with Crippen LogP contribution in [0.1, 0.15) is 6.92 Å². The smallest absolute Gasteiger partial charge is 0.349 e. The molecule has 0 amide bonds. The minimum Gasteiger partial charge on any atom is -0.463 e. The number of esters is 1. The maximum atomic E-state index is 10.7. The largest absolute Gasteiger partial charge is 0.463 e. The van der Waals surface area contributed by atoms with Crippen LogP contribution in [-0.2, 0) is 19.1 Å². The minimum absolute atomic E-state index is 0.0950. The molecular formula is C6H10O5. The van der Waals surface area contributed by atoms with E-state index in [-0.39, 0.29) is 13.1 Å². The highest BCUT2D eigenvalue weighted by Crippen LogP contribution is 1.92. The van der Waals surface area contributed by atoms with Crippen molar-refractivity contribution in [2.24, 2.45) is 0 Å². The minimum atomic E-state index is -1.19. The van der Waals surface area contributed by atoms with Gasteiger partial charge in [-0.1, -0.05) is 0 Å². The molecule has 0 aliphatic carbocycles. The zero-order chi connectivity index (χ0) is 8.69. The van der Waals surface area contributed by atoms with E-state index in [9.17, 15) is 9.59 Å². The lowest BCUT2D eigenvalue weighted by Crippen LogP contribution is -2.29. The van der Waals surface area contributed by atoms with Gasteiger partial charge in [0, 0.05) is 0 Å². The summed E-state index contributed by atoms with van der Waals surface area (Å²) < 4.78 is 8.66. The number of aliphatic hydroxyl groups is 1. The fourth-order valence-corrected chi connectivity index (χ4v) is 0.475. The molecule has 0 radical (unpaired) electrons. The van der Waals surface area contributed by atoms with E-state index in [1.165, 1.54) is 0 Å². The fourth-order valence-electron chi connectivity index (χ4n) is 0.475. The van der Waals surface area contributed by atoms with Crippen molar-refractivity contribution in [2.75, 3.05) is 13.2 Å². The van der Waals surface area contributed by atoms with Crippen LogP contribution < -0.4 is 0 Å². The summed E-state index contributed by atoms with van der Waals surface area (Å²) in [6.07, 6.45) is -1.19. The van der Waals surface area contributed by atoms with Crippen LogP contribution >= 0.6 is 0 Å². The normalized spacial score (nSPS) is 11.8. The Labute approximate surface area is 63.9 Å². The molecular weight excluding hydrogens is 152 g/mol. The van der Waals surface area contributed by atoms with Gasteiger partial charge in [0.25, 0.3) is 6.47 Å². The highest BCUT2D eigenvalue weighted by molar-refractivity contribution is 5.75. The average Bonchev–Trinajstić information content (AvgIpc) is 2.00. The maximum absolute atomic E-state index is 10.7. The summed E-state index contributed by atoms with van der Waals surface area (Å²) in [5.74, 6) is -0.734. The van der Waals surface area contributed by atoms with E-state index in [0.29, 0.717) is 0 Å². The van der Waals surface area contributed by atoms with Gasteiger partial charge in [-0.05, 0) is 6.92 Å². The van der Waals surface area contributed by atoms with Crippen molar-refractivity contribution in [1.82, 2.24) is 0 Å². The van der Waals surface area contributed by atoms with E-state index < -0.39 is 18.7 Å². The van der Waals surface area contributed by atoms with Crippen molar-refractivity contribution in [3.8, 4) is 0 Å². The van der Waals surface area contributed by atoms with Gasteiger partial charge >= 0.3 is 5.97 Å². The van der Waals surface area contributed by atoms with Crippen molar-refractivity contribution >= 4 is 12.4 Å². The average molecular weight is 162 g/mol. The molecule has 0 aromatic carbocycles. The Morgan fingerprint density at radius 2 is 2.36 bits per heavy atom. The molecule has 1 N–H and O–H groups in total. The predicted molar refractivity (Wildman–Crippen MR) is 34.7 cm³/mol. The quantitative estimate of drug-likeness (QED) is 0.418. The second-order valence-corrected chi connectivity index (χ2v) is 1.66. The highest BCUT2D eigenvalue weighted by Gasteiger charge is 2.19. The zero-order valence-corrected chi connectivity index (χ0v) is 6.15. The third-order valence-electron chi connectivity index (χ3n) is 0.935. The maximum Gasteiger partial charge on any atom is 0.349 e. The summed E-state index contributed by atoms with van der Waals surface area (Å²) in [6.45, 7) is 1.35. The van der Waals surface area contributed by atoms with Gasteiger partial charge in [0.15, 0.2) is 0 Å². The van der Waals surface area contributed by atoms with Gasteiger partial charge < -0.3 is 14.6 Å². The Morgan fingerprint density at radius 1 is 1.73 bits per heavy atom. The lowest BCUT2D eigenvalue weighted by molar-refractivity contribution is -0.163. The van der Waals surface area contributed by atoms with Gasteiger partial charge in [-0.25, -0.2) is 4.79 Å². The van der Waals surface area contributed by atoms with Crippen LogP contribution in [0.3, 0.4) is 0 Å². The molecule has 0 heterocycles. The molecule has 5 nitrogen and oxygen atoms in total. The molecule has 0 saturated carbocycles. The number of aliphatic hydroxyl groups excluding tert-OH is 1. The van der Waals surface area contributed by atoms with Crippen molar-refractivity contribution < 1.29 is 24.2 Å². The van der Waals surface area contributed by atoms with Crippen molar-refractivity contribution in [1.29, 1.82) is 0 Å². The van der Waals surface area contributed by atoms with Crippen LogP contribution in [0.25, 0.3) is 0 Å². The molecule has 0 fully saturated rings. The number of rotatable bonds is 5. The van der Waals surface area contributed by atoms with E-state index in [2.05, 4.69) is 9.47 Å². The van der Waals surface area contributed by atoms with Crippen LogP contribution in [0, 0.1) is 0 Å². The lowest BCUT2D eigenvalue weighted by atomic mass is 10.4. The first-order valence-electron chi connectivity index (χ1n) is 3.12. The third-order valence-corrected chi connectivity index (χ3v) is 0.935. The number of hydrogen-bond acceptors (Lipinski definition) is 5. The predicted octanol–water partition coefficient (Wildman–Crippen LogP) is -0.917. The topological polar surface area (TPSA) is 72.8 Å². The SMILES string of the molecule is CCOC(=O)C(CO)OC=O. The van der Waals surface area contributed by atoms with Gasteiger partial charge in [0.1, 0.15) is 0 Å². The molecule has 0 aromatic rings. The zero-order valence-electron chi connectivity index (χ0n) is 6.15. The van der Waals surface area contributed by atoms with Gasteiger partial charge in [0.2, 0.25) is 6.10 Å². The van der Waals surface area contributed by atoms with E-state index in [1.807, 2.05) is 0 Å². The van der Waals surface area contributed by atoms with Gasteiger partial charge in [-0.2, -0.15) is 0 Å². The molecule has 64 valence electrons. The fraction of sp³-hybridized carbons (Fsp3) is 0.667. The van der Waals surface area contributed by atoms with Gasteiger partial charge in [0.05, 0.1) is 13.2 Å². The molecule has 0 bridgehead atoms. The molecule has 1 unspecified atom stereocenters. The van der Waals surface area contributed by atoms with E-state index in [0.717, 1.165) is 0 Å². The Hall–Kier alpha value is -1.10. The Morgan fingerprint density at radius 3 is 2.73 bits per heavy atom. The third kappa shape index (κ3) is 3.57. The van der Waals surface area contributed by atoms with Crippen molar-refractivity contribution in [2.45, 2.75) is 13.0 Å². The second kappa shape index (κ2) is 5.67. The number of carbonyl (C=O) groups excluding carboxylic acids is 2. The monoisotopic (exact) mass is 162 g/mol. The summed E-state index contributed by atoms with van der Waals surface area (Å²) in [6, 6.07) is 0. The van der Waals surface area contributed by atoms with Gasteiger partial charge in [-0.15, -0.1) is 0 Å². The molecule has 5 heteroatoms. The summed E-state index contributed by atoms with van der Waals surface area (Å²) in [4.78, 5) is 20.4. The van der Waals surface area contributed by atoms with Crippen molar-refractivity contribution in [3.05, 3.63) is 0 Å². The lowest BCUT2D eigenvalue weighted by Gasteiger charge is -2.09. The molecule has 0 rings (SSSR count). The van der Waals surface area contributed by atoms with Gasteiger partial charge in [-0.3, -0.25) is 4.79 Å². The van der Waals surface area contributed by atoms with E-state index >= 15 is 0 Å². The van der Waals surface area contributed by atoms with Crippen molar-refractivity contribution in [3.63, 3.8) is 0 Å². The highest BCUT2D eigenvalue weighted by atomic mass is 16.6. The standard InChI is InChI=1S/C6H10O5/c1-2-10-6(9)5(3-7)11-4-8/h4-5,7H,2-3H2,1H3. The summed E-state index contributed by atoms with van der Waals surface area (Å²) in [5.41, 5.74) is 0. The first kappa shape index (κ1) is 9.90. The summed E-state index contributed by atoms with van der Waals surface area (Å²) in [5, 5.41) is 8.47. The molecule has 0 saturated heterocycles. The molecule has 0 aliphatic rings. The summed E-state index contributed by atoms with van der Waals surface area (Å²) in [7, 11) is 0. The number of ether oxygens (including phenoxy) is 2. The Kier molecular flexibility index (Phi) is 5.10. The van der Waals surface area contributed by atoms with Crippen LogP contribution in [0.5, 0.6) is 0 Å². The molecule has 1 atom stereocenters. The number of carbonyl (C=O) groups is 2. The molecule has 0 aromatic heterocycles. The van der Waals surface area contributed by atoms with E-state index in [1.54, 1.807) is 6.92 Å². The molecule has 11 heavy (non-hydrogen) atoms. The first-order chi connectivity index (χ1) is 5.26. The van der Waals surface area contributed by atoms with Crippen LogP contribution in [0.4, 0.5) is 0 Å². The van der Waals surface area contributed by atoms with Crippen LogP contribution in [0.2, 0.25) is 0 Å². The van der Waals surface area contributed by atoms with Crippen LogP contribution in [0.15, 0.2) is 0 Å². The summed E-state index contributed by atoms with van der Waals surface area (Å²) >= 11 is 0.